The molecule has 0 bridgehead atoms. The Balaban J connectivity index is 1.97. The number of rotatable bonds is 4. The van der Waals surface area contributed by atoms with Crippen LogP contribution in [-0.2, 0) is 0 Å². The van der Waals surface area contributed by atoms with Crippen molar-refractivity contribution in [2.75, 3.05) is 0 Å². The molecule has 0 aliphatic heterocycles. The van der Waals surface area contributed by atoms with Gasteiger partial charge in [-0.2, -0.15) is 5.26 Å². The minimum Gasteiger partial charge on any atom is -0.464 e. The van der Waals surface area contributed by atoms with Crippen molar-refractivity contribution < 1.29 is 14.0 Å². The number of carbonyl (C=O) groups excluding carboxylic acids is 2. The summed E-state index contributed by atoms with van der Waals surface area (Å²) in [6.45, 7) is 0. The van der Waals surface area contributed by atoms with Gasteiger partial charge in [0.25, 0.3) is 0 Å². The number of halogens is 1. The maximum Gasteiger partial charge on any atom is 0.191 e. The van der Waals surface area contributed by atoms with E-state index in [0.29, 0.717) is 16.0 Å². The number of hydrogen-bond donors (Lipinski definition) is 0. The summed E-state index contributed by atoms with van der Waals surface area (Å²) < 4.78 is 5.31. The SMILES string of the molecule is N#C[C@H](C(=O)c1ccc(Cl)cc1)C(=O)c1coc2ccccc12. The number of Topliss-reactive ketones (excluding diaryl/α,β-unsaturated/α-hetero) is 2. The highest BCUT2D eigenvalue weighted by molar-refractivity contribution is 6.30. The van der Waals surface area contributed by atoms with E-state index in [1.807, 2.05) is 0 Å². The molecule has 0 radical (unpaired) electrons. The lowest BCUT2D eigenvalue weighted by Gasteiger charge is -2.06. The maximum absolute atomic E-state index is 12.6. The van der Waals surface area contributed by atoms with Crippen LogP contribution in [0, 0.1) is 17.2 Å². The van der Waals surface area contributed by atoms with E-state index in [9.17, 15) is 14.9 Å². The number of ketones is 2. The first-order chi connectivity index (χ1) is 11.1. The Morgan fingerprint density at radius 2 is 1.74 bits per heavy atom. The molecule has 3 rings (SSSR count). The van der Waals surface area contributed by atoms with Crippen LogP contribution < -0.4 is 0 Å². The molecule has 1 aromatic heterocycles. The molecule has 0 aliphatic rings. The molecular weight excluding hydrogens is 314 g/mol. The summed E-state index contributed by atoms with van der Waals surface area (Å²) in [7, 11) is 0. The van der Waals surface area contributed by atoms with Crippen LogP contribution >= 0.6 is 11.6 Å². The monoisotopic (exact) mass is 323 g/mol. The predicted octanol–water partition coefficient (Wildman–Crippen LogP) is 4.29. The Bertz CT molecular complexity index is 935. The average molecular weight is 324 g/mol. The lowest BCUT2D eigenvalue weighted by molar-refractivity contribution is 0.0846. The molecule has 0 spiro atoms. The zero-order valence-electron chi connectivity index (χ0n) is 11.8. The van der Waals surface area contributed by atoms with Gasteiger partial charge in [-0.05, 0) is 30.3 Å². The van der Waals surface area contributed by atoms with Crippen LogP contribution in [-0.4, -0.2) is 11.6 Å². The van der Waals surface area contributed by atoms with Gasteiger partial charge in [-0.1, -0.05) is 29.8 Å². The van der Waals surface area contributed by atoms with Crippen molar-refractivity contribution in [1.29, 1.82) is 5.26 Å². The molecule has 0 unspecified atom stereocenters. The topological polar surface area (TPSA) is 71.1 Å². The molecule has 0 saturated heterocycles. The minimum absolute atomic E-state index is 0.231. The number of nitriles is 1. The van der Waals surface area contributed by atoms with E-state index in [1.165, 1.54) is 18.4 Å². The Morgan fingerprint density at radius 3 is 2.43 bits per heavy atom. The number of hydrogen-bond acceptors (Lipinski definition) is 4. The second-order valence-corrected chi connectivity index (χ2v) is 5.38. The van der Waals surface area contributed by atoms with Gasteiger partial charge in [-0.25, -0.2) is 0 Å². The molecule has 2 aromatic carbocycles. The summed E-state index contributed by atoms with van der Waals surface area (Å²) in [6.07, 6.45) is 1.28. The highest BCUT2D eigenvalue weighted by Crippen LogP contribution is 2.25. The molecule has 112 valence electrons. The Morgan fingerprint density at radius 1 is 1.04 bits per heavy atom. The van der Waals surface area contributed by atoms with Crippen LogP contribution in [0.15, 0.2) is 59.2 Å². The molecule has 0 aliphatic carbocycles. The number of nitrogens with zero attached hydrogens (tertiary/aromatic N) is 1. The zero-order valence-corrected chi connectivity index (χ0v) is 12.6. The van der Waals surface area contributed by atoms with Gasteiger partial charge in [0.05, 0.1) is 11.6 Å². The van der Waals surface area contributed by atoms with Gasteiger partial charge in [-0.15, -0.1) is 0 Å². The lowest BCUT2D eigenvalue weighted by atomic mass is 9.91. The zero-order chi connectivity index (χ0) is 16.4. The number of furan rings is 1. The summed E-state index contributed by atoms with van der Waals surface area (Å²) >= 11 is 5.78. The van der Waals surface area contributed by atoms with Gasteiger partial charge >= 0.3 is 0 Å². The predicted molar refractivity (Wildman–Crippen MR) is 85.4 cm³/mol. The summed E-state index contributed by atoms with van der Waals surface area (Å²) in [5, 5.41) is 10.4. The smallest absolute Gasteiger partial charge is 0.191 e. The van der Waals surface area contributed by atoms with Crippen molar-refractivity contribution in [3.8, 4) is 6.07 Å². The van der Waals surface area contributed by atoms with E-state index in [4.69, 9.17) is 16.0 Å². The van der Waals surface area contributed by atoms with E-state index < -0.39 is 17.5 Å². The van der Waals surface area contributed by atoms with Crippen LogP contribution in [0.2, 0.25) is 5.02 Å². The summed E-state index contributed by atoms with van der Waals surface area (Å²) in [4.78, 5) is 25.0. The Hall–Kier alpha value is -2.90. The molecule has 0 saturated carbocycles. The van der Waals surface area contributed by atoms with Crippen LogP contribution in [0.1, 0.15) is 20.7 Å². The fraction of sp³-hybridized carbons (Fsp3) is 0.0556. The van der Waals surface area contributed by atoms with Crippen LogP contribution in [0.5, 0.6) is 0 Å². The lowest BCUT2D eigenvalue weighted by Crippen LogP contribution is -2.22. The van der Waals surface area contributed by atoms with E-state index in [-0.39, 0.29) is 11.1 Å². The largest absolute Gasteiger partial charge is 0.464 e. The Labute approximate surface area is 136 Å². The minimum atomic E-state index is -1.42. The first-order valence-electron chi connectivity index (χ1n) is 6.81. The number of benzene rings is 2. The molecule has 1 atom stereocenters. The highest BCUT2D eigenvalue weighted by atomic mass is 35.5. The fourth-order valence-electron chi connectivity index (χ4n) is 2.34. The molecule has 0 N–H and O–H groups in total. The van der Waals surface area contributed by atoms with Gasteiger partial charge < -0.3 is 4.42 Å². The number of carbonyl (C=O) groups is 2. The fourth-order valence-corrected chi connectivity index (χ4v) is 2.47. The molecule has 5 heteroatoms. The molecular formula is C18H10ClNO3. The highest BCUT2D eigenvalue weighted by Gasteiger charge is 2.30. The van der Waals surface area contributed by atoms with Gasteiger partial charge in [0.2, 0.25) is 0 Å². The van der Waals surface area contributed by atoms with Gasteiger partial charge in [-0.3, -0.25) is 9.59 Å². The molecule has 0 amide bonds. The normalized spacial score (nSPS) is 11.8. The van der Waals surface area contributed by atoms with Crippen LogP contribution in [0.25, 0.3) is 11.0 Å². The van der Waals surface area contributed by atoms with Crippen molar-refractivity contribution in [1.82, 2.24) is 0 Å². The van der Waals surface area contributed by atoms with Gasteiger partial charge in [0.1, 0.15) is 11.8 Å². The molecule has 1 heterocycles. The first kappa shape index (κ1) is 15.0. The van der Waals surface area contributed by atoms with E-state index in [0.717, 1.165) is 0 Å². The van der Waals surface area contributed by atoms with Crippen LogP contribution in [0.3, 0.4) is 0 Å². The molecule has 23 heavy (non-hydrogen) atoms. The number of para-hydroxylation sites is 1. The summed E-state index contributed by atoms with van der Waals surface area (Å²) in [5.74, 6) is -2.55. The van der Waals surface area contributed by atoms with Crippen molar-refractivity contribution in [2.24, 2.45) is 5.92 Å². The quantitative estimate of drug-likeness (QED) is 0.530. The molecule has 0 fully saturated rings. The van der Waals surface area contributed by atoms with Gasteiger partial charge in [0.15, 0.2) is 17.5 Å². The Kier molecular flexibility index (Phi) is 3.96. The number of fused-ring (bicyclic) bond motifs is 1. The van der Waals surface area contributed by atoms with E-state index in [2.05, 4.69) is 0 Å². The first-order valence-corrected chi connectivity index (χ1v) is 7.19. The van der Waals surface area contributed by atoms with E-state index >= 15 is 0 Å². The molecule has 4 nitrogen and oxygen atoms in total. The summed E-state index contributed by atoms with van der Waals surface area (Å²) in [5.41, 5.74) is 1.03. The standard InChI is InChI=1S/C18H10ClNO3/c19-12-7-5-11(6-8-12)17(21)14(9-20)18(22)15-10-23-16-4-2-1-3-13(15)16/h1-8,10,14H/t14-/m1/s1. The van der Waals surface area contributed by atoms with Crippen molar-refractivity contribution in [3.05, 3.63) is 70.9 Å². The van der Waals surface area contributed by atoms with Crippen LogP contribution in [0.4, 0.5) is 0 Å². The van der Waals surface area contributed by atoms with E-state index in [1.54, 1.807) is 42.5 Å². The van der Waals surface area contributed by atoms with Gasteiger partial charge in [0, 0.05) is 16.0 Å². The van der Waals surface area contributed by atoms with Crippen molar-refractivity contribution >= 4 is 34.1 Å². The molecule has 3 aromatic rings. The third kappa shape index (κ3) is 2.75. The van der Waals surface area contributed by atoms with Crippen molar-refractivity contribution in [2.45, 2.75) is 0 Å². The van der Waals surface area contributed by atoms with Crippen molar-refractivity contribution in [3.63, 3.8) is 0 Å². The second kappa shape index (κ2) is 6.07. The third-order valence-electron chi connectivity index (χ3n) is 3.53. The maximum atomic E-state index is 12.6. The third-order valence-corrected chi connectivity index (χ3v) is 3.78. The average Bonchev–Trinajstić information content (AvgIpc) is 3.00. The second-order valence-electron chi connectivity index (χ2n) is 4.94. The summed E-state index contributed by atoms with van der Waals surface area (Å²) in [6, 6.07) is 14.8.